The predicted octanol–water partition coefficient (Wildman–Crippen LogP) is 7.21. The van der Waals surface area contributed by atoms with Crippen molar-refractivity contribution in [2.24, 2.45) is 4.99 Å². The number of nitrogens with one attached hydrogen (secondary N) is 2. The van der Waals surface area contributed by atoms with E-state index in [0.29, 0.717) is 18.3 Å². The maximum absolute atomic E-state index is 11.7. The number of alkyl carbamates (subject to hydrolysis) is 1. The van der Waals surface area contributed by atoms with Crippen molar-refractivity contribution in [1.29, 1.82) is 0 Å². The van der Waals surface area contributed by atoms with Crippen LogP contribution in [0, 0.1) is 0 Å². The molecule has 0 saturated heterocycles. The van der Waals surface area contributed by atoms with E-state index in [1.807, 2.05) is 46.2 Å². The van der Waals surface area contributed by atoms with Crippen LogP contribution in [0.4, 0.5) is 10.5 Å². The molecule has 2 N–H and O–H groups in total. The number of ether oxygens (including phenoxy) is 2. The number of unbranched alkanes of at least 4 members (excludes halogenated alkanes) is 4. The zero-order valence-electron chi connectivity index (χ0n) is 23.8. The van der Waals surface area contributed by atoms with Gasteiger partial charge in [0.1, 0.15) is 5.60 Å². The van der Waals surface area contributed by atoms with E-state index in [1.54, 1.807) is 13.3 Å². The number of nitrogens with zero attached hydrogens (tertiary/aromatic N) is 2. The van der Waals surface area contributed by atoms with E-state index in [9.17, 15) is 4.79 Å². The number of hydrogen-bond acceptors (Lipinski definition) is 6. The maximum Gasteiger partial charge on any atom is 0.407 e. The van der Waals surface area contributed by atoms with Crippen molar-refractivity contribution in [3.8, 4) is 17.0 Å². The number of aliphatic imine (C=N–C) groups is 1. The van der Waals surface area contributed by atoms with Crippen LogP contribution in [0.25, 0.3) is 11.1 Å². The van der Waals surface area contributed by atoms with Crippen LogP contribution in [-0.2, 0) is 4.74 Å². The summed E-state index contributed by atoms with van der Waals surface area (Å²) in [5, 5.41) is 6.51. The fourth-order valence-electron chi connectivity index (χ4n) is 4.10. The Labute approximate surface area is 223 Å². The average molecular weight is 511 g/mol. The Morgan fingerprint density at radius 2 is 1.78 bits per heavy atom. The second-order valence-corrected chi connectivity index (χ2v) is 10.4. The lowest BCUT2D eigenvalue weighted by Crippen LogP contribution is -2.32. The largest absolute Gasteiger partial charge is 0.481 e. The van der Waals surface area contributed by atoms with Gasteiger partial charge in [0.15, 0.2) is 0 Å². The van der Waals surface area contributed by atoms with Gasteiger partial charge in [-0.05, 0) is 74.8 Å². The summed E-state index contributed by atoms with van der Waals surface area (Å²) >= 11 is 0. The summed E-state index contributed by atoms with van der Waals surface area (Å²) in [5.74, 6) is 1.02. The van der Waals surface area contributed by atoms with Gasteiger partial charge in [-0.15, -0.1) is 0 Å². The summed E-state index contributed by atoms with van der Waals surface area (Å²) in [5.41, 5.74) is 5.33. The summed E-state index contributed by atoms with van der Waals surface area (Å²) in [6.45, 7) is 11.6. The molecule has 0 aliphatic carbocycles. The smallest absolute Gasteiger partial charge is 0.407 e. The molecule has 37 heavy (non-hydrogen) atoms. The van der Waals surface area contributed by atoms with E-state index in [1.165, 1.54) is 5.56 Å². The molecule has 7 heteroatoms. The van der Waals surface area contributed by atoms with Crippen molar-refractivity contribution >= 4 is 18.0 Å². The zero-order valence-corrected chi connectivity index (χ0v) is 23.8. The van der Waals surface area contributed by atoms with Crippen molar-refractivity contribution in [2.45, 2.75) is 84.7 Å². The van der Waals surface area contributed by atoms with Crippen molar-refractivity contribution in [3.05, 3.63) is 41.6 Å². The number of benzene rings is 1. The van der Waals surface area contributed by atoms with Crippen molar-refractivity contribution in [1.82, 2.24) is 10.3 Å². The van der Waals surface area contributed by atoms with Gasteiger partial charge < -0.3 is 20.1 Å². The first-order valence-corrected chi connectivity index (χ1v) is 13.5. The normalized spacial score (nSPS) is 12.4. The minimum atomic E-state index is -0.458. The van der Waals surface area contributed by atoms with Gasteiger partial charge in [0, 0.05) is 49.9 Å². The van der Waals surface area contributed by atoms with Crippen LogP contribution in [0.1, 0.15) is 90.2 Å². The fourth-order valence-corrected chi connectivity index (χ4v) is 4.10. The number of hydrogen-bond donors (Lipinski definition) is 2. The van der Waals surface area contributed by atoms with Gasteiger partial charge in [0.2, 0.25) is 5.88 Å². The molecular weight excluding hydrogens is 464 g/mol. The van der Waals surface area contributed by atoms with Gasteiger partial charge >= 0.3 is 6.09 Å². The van der Waals surface area contributed by atoms with Crippen molar-refractivity contribution in [2.75, 3.05) is 32.6 Å². The number of amides is 1. The van der Waals surface area contributed by atoms with Crippen LogP contribution in [0.3, 0.4) is 0 Å². The minimum absolute atomic E-state index is 0.340. The molecule has 0 fully saturated rings. The molecule has 2 aromatic rings. The number of aromatic nitrogens is 1. The number of anilines is 1. The molecule has 0 aliphatic rings. The first kappa shape index (κ1) is 30.1. The highest BCUT2D eigenvalue weighted by molar-refractivity contribution is 5.92. The SMILES string of the molecule is CCC(C)c1cc(-c2ccnc(OC)c2)cc(NCCCCCCCNC(=O)OC(C)(C)C)c1C=NC. The summed E-state index contributed by atoms with van der Waals surface area (Å²) in [4.78, 5) is 20.3. The molecule has 1 atom stereocenters. The Bertz CT molecular complexity index is 1010. The maximum atomic E-state index is 11.7. The fraction of sp³-hybridized carbons (Fsp3) is 0.567. The molecule has 0 aliphatic heterocycles. The first-order chi connectivity index (χ1) is 17.7. The first-order valence-electron chi connectivity index (χ1n) is 13.5. The Kier molecular flexibility index (Phi) is 12.4. The molecule has 7 nitrogen and oxygen atoms in total. The Morgan fingerprint density at radius 1 is 1.08 bits per heavy atom. The summed E-state index contributed by atoms with van der Waals surface area (Å²) in [7, 11) is 3.46. The van der Waals surface area contributed by atoms with Gasteiger partial charge in [-0.2, -0.15) is 0 Å². The van der Waals surface area contributed by atoms with Gasteiger partial charge in [-0.3, -0.25) is 4.99 Å². The predicted molar refractivity (Wildman–Crippen MR) is 154 cm³/mol. The highest BCUT2D eigenvalue weighted by atomic mass is 16.6. The Hall–Kier alpha value is -3.09. The van der Waals surface area contributed by atoms with Gasteiger partial charge in [0.05, 0.1) is 7.11 Å². The number of carbonyl (C=O) groups excluding carboxylic acids is 1. The molecule has 204 valence electrons. The monoisotopic (exact) mass is 510 g/mol. The highest BCUT2D eigenvalue weighted by Gasteiger charge is 2.16. The third-order valence-corrected chi connectivity index (χ3v) is 6.23. The Balaban J connectivity index is 1.97. The van der Waals surface area contributed by atoms with Crippen LogP contribution in [0.2, 0.25) is 0 Å². The molecule has 1 amide bonds. The number of pyridine rings is 1. The number of methoxy groups -OCH3 is 1. The van der Waals surface area contributed by atoms with Gasteiger partial charge in [-0.25, -0.2) is 9.78 Å². The third-order valence-electron chi connectivity index (χ3n) is 6.23. The van der Waals surface area contributed by atoms with E-state index < -0.39 is 5.60 Å². The number of carbonyl (C=O) groups is 1. The lowest BCUT2D eigenvalue weighted by molar-refractivity contribution is 0.0527. The highest BCUT2D eigenvalue weighted by Crippen LogP contribution is 2.34. The van der Waals surface area contributed by atoms with Crippen molar-refractivity contribution in [3.63, 3.8) is 0 Å². The number of rotatable bonds is 14. The molecule has 1 heterocycles. The molecule has 2 rings (SSSR count). The molecular formula is C30H46N4O3. The lowest BCUT2D eigenvalue weighted by atomic mass is 9.89. The molecule has 0 spiro atoms. The second-order valence-electron chi connectivity index (χ2n) is 10.4. The zero-order chi connectivity index (χ0) is 27.3. The van der Waals surface area contributed by atoms with Gasteiger partial charge in [0.25, 0.3) is 0 Å². The van der Waals surface area contributed by atoms with Crippen LogP contribution >= 0.6 is 0 Å². The standard InChI is InChI=1S/C30H46N4O3/c1-8-22(2)25-18-24(23-14-17-33-28(20-23)36-7)19-27(26(25)21-31-6)32-15-12-10-9-11-13-16-34-29(35)37-30(3,4)5/h14,17-22,32H,8-13,15-16H2,1-7H3,(H,34,35). The van der Waals surface area contributed by atoms with E-state index >= 15 is 0 Å². The summed E-state index contributed by atoms with van der Waals surface area (Å²) in [6.07, 6.45) is 9.86. The molecule has 0 radical (unpaired) electrons. The topological polar surface area (TPSA) is 84.8 Å². The molecule has 0 bridgehead atoms. The van der Waals surface area contributed by atoms with Crippen LogP contribution in [0.15, 0.2) is 35.5 Å². The third kappa shape index (κ3) is 10.4. The molecule has 0 saturated carbocycles. The van der Waals surface area contributed by atoms with Crippen LogP contribution in [0.5, 0.6) is 5.88 Å². The summed E-state index contributed by atoms with van der Waals surface area (Å²) in [6, 6.07) is 8.48. The van der Waals surface area contributed by atoms with E-state index in [2.05, 4.69) is 46.6 Å². The van der Waals surface area contributed by atoms with E-state index in [-0.39, 0.29) is 6.09 Å². The van der Waals surface area contributed by atoms with E-state index in [4.69, 9.17) is 9.47 Å². The van der Waals surface area contributed by atoms with Crippen LogP contribution < -0.4 is 15.4 Å². The molecule has 1 unspecified atom stereocenters. The lowest BCUT2D eigenvalue weighted by Gasteiger charge is -2.20. The van der Waals surface area contributed by atoms with E-state index in [0.717, 1.165) is 67.4 Å². The van der Waals surface area contributed by atoms with Gasteiger partial charge in [-0.1, -0.05) is 39.2 Å². The quantitative estimate of drug-likeness (QED) is 0.207. The van der Waals surface area contributed by atoms with Crippen LogP contribution in [-0.4, -0.2) is 50.1 Å². The summed E-state index contributed by atoms with van der Waals surface area (Å²) < 4.78 is 10.6. The molecule has 1 aromatic carbocycles. The minimum Gasteiger partial charge on any atom is -0.481 e. The molecule has 1 aromatic heterocycles. The Morgan fingerprint density at radius 3 is 2.43 bits per heavy atom. The second kappa shape index (κ2) is 15.2. The average Bonchev–Trinajstić information content (AvgIpc) is 2.86. The van der Waals surface area contributed by atoms with Crippen molar-refractivity contribution < 1.29 is 14.3 Å².